The molecule has 7 heteroatoms. The minimum atomic E-state index is -1.02. The molecule has 0 unspecified atom stereocenters. The smallest absolute Gasteiger partial charge is 0.314 e. The quantitative estimate of drug-likeness (QED) is 0.631. The summed E-state index contributed by atoms with van der Waals surface area (Å²) in [7, 11) is 0. The van der Waals surface area contributed by atoms with Crippen LogP contribution in [0.15, 0.2) is 48.5 Å². The van der Waals surface area contributed by atoms with Gasteiger partial charge >= 0.3 is 5.97 Å². The van der Waals surface area contributed by atoms with Crippen molar-refractivity contribution in [2.24, 2.45) is 0 Å². The topological polar surface area (TPSA) is 101 Å². The Balaban J connectivity index is 1.81. The molecule has 0 aromatic heterocycles. The number of benzene rings is 2. The molecule has 0 saturated carbocycles. The summed E-state index contributed by atoms with van der Waals surface area (Å²) in [6, 6.07) is 13.6. The summed E-state index contributed by atoms with van der Waals surface area (Å²) >= 11 is 0. The summed E-state index contributed by atoms with van der Waals surface area (Å²) < 4.78 is 0. The number of hydrogen-bond donors (Lipinski definition) is 1. The average Bonchev–Trinajstić information content (AvgIpc) is 2.73. The molecule has 1 aliphatic heterocycles. The minimum absolute atomic E-state index is 0.0606. The van der Waals surface area contributed by atoms with Crippen LogP contribution in [0.1, 0.15) is 41.3 Å². The third kappa shape index (κ3) is 3.47. The van der Waals surface area contributed by atoms with E-state index >= 15 is 0 Å². The number of nitro benzene ring substituents is 1. The molecule has 1 amide bonds. The number of aliphatic carboxylic acids is 1. The Morgan fingerprint density at radius 1 is 1.14 bits per heavy atom. The molecule has 1 aliphatic rings. The van der Waals surface area contributed by atoms with Crippen LogP contribution in [-0.4, -0.2) is 39.9 Å². The first-order valence-electron chi connectivity index (χ1n) is 9.24. The molecule has 1 fully saturated rings. The number of nitrogens with zero attached hydrogens (tertiary/aromatic N) is 2. The van der Waals surface area contributed by atoms with E-state index in [1.165, 1.54) is 6.07 Å². The monoisotopic (exact) mass is 382 g/mol. The van der Waals surface area contributed by atoms with E-state index in [4.69, 9.17) is 0 Å². The van der Waals surface area contributed by atoms with E-state index in [2.05, 4.69) is 0 Å². The van der Waals surface area contributed by atoms with Crippen molar-refractivity contribution in [3.63, 3.8) is 0 Å². The number of carbonyl (C=O) groups is 2. The highest BCUT2D eigenvalue weighted by Gasteiger charge is 2.44. The van der Waals surface area contributed by atoms with Crippen molar-refractivity contribution in [3.05, 3.63) is 75.3 Å². The van der Waals surface area contributed by atoms with Crippen LogP contribution in [0, 0.1) is 10.1 Å². The molecule has 3 rings (SSSR count). The molecule has 0 aliphatic carbocycles. The molecule has 0 atom stereocenters. The number of carboxylic acid groups (broad SMARTS) is 1. The second kappa shape index (κ2) is 7.80. The third-order valence-electron chi connectivity index (χ3n) is 5.55. The van der Waals surface area contributed by atoms with Crippen LogP contribution >= 0.6 is 0 Å². The highest BCUT2D eigenvalue weighted by atomic mass is 16.6. The van der Waals surface area contributed by atoms with Gasteiger partial charge in [0.25, 0.3) is 11.6 Å². The zero-order chi connectivity index (χ0) is 20.3. The second-order valence-corrected chi connectivity index (χ2v) is 7.00. The Bertz CT molecular complexity index is 902. The SMILES string of the molecule is CCc1ccc(C(=O)N2CCC(C(=O)O)(c3ccccc3)CC2)cc1[N+](=O)[O-]. The van der Waals surface area contributed by atoms with Crippen molar-refractivity contribution in [3.8, 4) is 0 Å². The summed E-state index contributed by atoms with van der Waals surface area (Å²) in [6.45, 7) is 2.39. The normalized spacial score (nSPS) is 15.8. The maximum absolute atomic E-state index is 12.8. The van der Waals surface area contributed by atoms with Crippen molar-refractivity contribution >= 4 is 17.6 Å². The van der Waals surface area contributed by atoms with Crippen LogP contribution in [0.25, 0.3) is 0 Å². The molecule has 1 saturated heterocycles. The van der Waals surface area contributed by atoms with Crippen molar-refractivity contribution in [1.29, 1.82) is 0 Å². The van der Waals surface area contributed by atoms with Crippen LogP contribution in [0.4, 0.5) is 5.69 Å². The van der Waals surface area contributed by atoms with Crippen molar-refractivity contribution in [2.45, 2.75) is 31.6 Å². The number of rotatable bonds is 5. The minimum Gasteiger partial charge on any atom is -0.481 e. The van der Waals surface area contributed by atoms with Gasteiger partial charge in [-0.05, 0) is 30.9 Å². The molecule has 7 nitrogen and oxygen atoms in total. The van der Waals surface area contributed by atoms with Gasteiger partial charge in [0.2, 0.25) is 0 Å². The Hall–Kier alpha value is -3.22. The van der Waals surface area contributed by atoms with Crippen LogP contribution < -0.4 is 0 Å². The molecule has 0 bridgehead atoms. The molecule has 0 spiro atoms. The molecule has 146 valence electrons. The number of piperidine rings is 1. The third-order valence-corrected chi connectivity index (χ3v) is 5.55. The van der Waals surface area contributed by atoms with Gasteiger partial charge in [0.1, 0.15) is 0 Å². The predicted molar refractivity (Wildman–Crippen MR) is 103 cm³/mol. The predicted octanol–water partition coefficient (Wildman–Crippen LogP) is 3.42. The molecule has 1 heterocycles. The lowest BCUT2D eigenvalue weighted by molar-refractivity contribution is -0.385. The van der Waals surface area contributed by atoms with Crippen LogP contribution in [0.2, 0.25) is 0 Å². The lowest BCUT2D eigenvalue weighted by Gasteiger charge is -2.39. The number of carbonyl (C=O) groups excluding carboxylic acids is 1. The number of carboxylic acids is 1. The summed E-state index contributed by atoms with van der Waals surface area (Å²) in [5, 5.41) is 21.1. The first kappa shape index (κ1) is 19.5. The van der Waals surface area contributed by atoms with Gasteiger partial charge in [-0.1, -0.05) is 43.3 Å². The van der Waals surface area contributed by atoms with Crippen LogP contribution in [-0.2, 0) is 16.6 Å². The number of hydrogen-bond acceptors (Lipinski definition) is 4. The molecule has 28 heavy (non-hydrogen) atoms. The highest BCUT2D eigenvalue weighted by molar-refractivity contribution is 5.95. The van der Waals surface area contributed by atoms with Crippen LogP contribution in [0.3, 0.4) is 0 Å². The molecule has 0 radical (unpaired) electrons. The van der Waals surface area contributed by atoms with Gasteiger partial charge in [-0.15, -0.1) is 0 Å². The zero-order valence-corrected chi connectivity index (χ0v) is 15.6. The van der Waals surface area contributed by atoms with Gasteiger partial charge in [-0.2, -0.15) is 0 Å². The van der Waals surface area contributed by atoms with Gasteiger partial charge in [-0.3, -0.25) is 19.7 Å². The van der Waals surface area contributed by atoms with E-state index in [-0.39, 0.29) is 30.2 Å². The summed E-state index contributed by atoms with van der Waals surface area (Å²) in [5.74, 6) is -1.20. The van der Waals surface area contributed by atoms with Gasteiger partial charge in [0, 0.05) is 30.3 Å². The summed E-state index contributed by atoms with van der Waals surface area (Å²) in [4.78, 5) is 37.2. The fourth-order valence-corrected chi connectivity index (χ4v) is 3.82. The summed E-state index contributed by atoms with van der Waals surface area (Å²) in [6.07, 6.45) is 1.10. The lowest BCUT2D eigenvalue weighted by Crippen LogP contribution is -2.49. The number of nitro groups is 1. The van der Waals surface area contributed by atoms with E-state index < -0.39 is 16.3 Å². The van der Waals surface area contributed by atoms with E-state index in [0.29, 0.717) is 24.8 Å². The Kier molecular flexibility index (Phi) is 5.44. The largest absolute Gasteiger partial charge is 0.481 e. The standard InChI is InChI=1S/C21H22N2O5/c1-2-15-8-9-16(14-18(15)23(27)28)19(24)22-12-10-21(11-13-22,20(25)26)17-6-4-3-5-7-17/h3-9,14H,2,10-13H2,1H3,(H,25,26). The van der Waals surface area contributed by atoms with Gasteiger partial charge < -0.3 is 10.0 Å². The van der Waals surface area contributed by atoms with Gasteiger partial charge in [0.05, 0.1) is 10.3 Å². The first-order chi connectivity index (χ1) is 13.4. The fraction of sp³-hybridized carbons (Fsp3) is 0.333. The average molecular weight is 382 g/mol. The number of aryl methyl sites for hydroxylation is 1. The fourth-order valence-electron chi connectivity index (χ4n) is 3.82. The lowest BCUT2D eigenvalue weighted by atomic mass is 9.72. The van der Waals surface area contributed by atoms with Gasteiger partial charge in [-0.25, -0.2) is 0 Å². The van der Waals surface area contributed by atoms with Gasteiger partial charge in [0.15, 0.2) is 0 Å². The van der Waals surface area contributed by atoms with Crippen molar-refractivity contribution in [2.75, 3.05) is 13.1 Å². The highest BCUT2D eigenvalue weighted by Crippen LogP contribution is 2.36. The molecule has 2 aromatic rings. The Morgan fingerprint density at radius 2 is 1.79 bits per heavy atom. The van der Waals surface area contributed by atoms with E-state index in [0.717, 1.165) is 5.56 Å². The molecular formula is C21H22N2O5. The van der Waals surface area contributed by atoms with E-state index in [9.17, 15) is 24.8 Å². The van der Waals surface area contributed by atoms with E-state index in [1.54, 1.807) is 29.2 Å². The van der Waals surface area contributed by atoms with Crippen LogP contribution in [0.5, 0.6) is 0 Å². The molecular weight excluding hydrogens is 360 g/mol. The maximum atomic E-state index is 12.8. The number of amides is 1. The molecule has 2 aromatic carbocycles. The maximum Gasteiger partial charge on any atom is 0.314 e. The molecule has 1 N–H and O–H groups in total. The zero-order valence-electron chi connectivity index (χ0n) is 15.6. The van der Waals surface area contributed by atoms with Crippen molar-refractivity contribution < 1.29 is 19.6 Å². The first-order valence-corrected chi connectivity index (χ1v) is 9.24. The van der Waals surface area contributed by atoms with Crippen molar-refractivity contribution in [1.82, 2.24) is 4.90 Å². The summed E-state index contributed by atoms with van der Waals surface area (Å²) in [5.41, 5.74) is 0.489. The Morgan fingerprint density at radius 3 is 2.32 bits per heavy atom. The Labute approximate surface area is 162 Å². The second-order valence-electron chi connectivity index (χ2n) is 7.00. The number of likely N-dealkylation sites (tertiary alicyclic amines) is 1. The van der Waals surface area contributed by atoms with E-state index in [1.807, 2.05) is 25.1 Å².